The fourth-order valence-electron chi connectivity index (χ4n) is 2.33. The van der Waals surface area contributed by atoms with Gasteiger partial charge in [-0.15, -0.1) is 0 Å². The number of nitriles is 1. The van der Waals surface area contributed by atoms with Crippen LogP contribution in [0.5, 0.6) is 0 Å². The molecule has 24 heavy (non-hydrogen) atoms. The minimum absolute atomic E-state index is 0.108. The van der Waals surface area contributed by atoms with Crippen LogP contribution in [0.25, 0.3) is 10.9 Å². The number of nitrogens with zero attached hydrogens (tertiary/aromatic N) is 3. The van der Waals surface area contributed by atoms with Crippen LogP contribution in [0.2, 0.25) is 5.02 Å². The second-order valence-electron chi connectivity index (χ2n) is 5.32. The Hall–Kier alpha value is -2.29. The zero-order valence-corrected chi connectivity index (χ0v) is 14.5. The molecule has 0 bridgehead atoms. The number of halogens is 1. The molecule has 3 rings (SSSR count). The van der Waals surface area contributed by atoms with E-state index in [1.165, 1.54) is 11.8 Å². The molecule has 0 saturated carbocycles. The predicted molar refractivity (Wildman–Crippen MR) is 97.5 cm³/mol. The standard InChI is InChI=1S/C18H14ClN3OS/c1-12(10-20)24-18-21-16-5-3-2-4-15(16)17(23)22(18)11-13-6-8-14(19)9-7-13/h2-9,12H,11H2,1H3/t12-/m1/s1. The maximum absolute atomic E-state index is 12.9. The van der Waals surface area contributed by atoms with Gasteiger partial charge in [-0.3, -0.25) is 9.36 Å². The maximum Gasteiger partial charge on any atom is 0.262 e. The van der Waals surface area contributed by atoms with Crippen molar-refractivity contribution in [1.29, 1.82) is 5.26 Å². The quantitative estimate of drug-likeness (QED) is 0.522. The number of benzene rings is 2. The molecule has 4 nitrogen and oxygen atoms in total. The Bertz CT molecular complexity index is 976. The second kappa shape index (κ2) is 7.08. The lowest BCUT2D eigenvalue weighted by Crippen LogP contribution is -2.24. The Kier molecular flexibility index (Phi) is 4.89. The highest BCUT2D eigenvalue weighted by atomic mass is 35.5. The molecule has 0 N–H and O–H groups in total. The molecule has 0 aliphatic rings. The van der Waals surface area contributed by atoms with Crippen LogP contribution in [0.3, 0.4) is 0 Å². The van der Waals surface area contributed by atoms with E-state index >= 15 is 0 Å². The van der Waals surface area contributed by atoms with Gasteiger partial charge in [0.1, 0.15) is 0 Å². The van der Waals surface area contributed by atoms with E-state index in [-0.39, 0.29) is 10.8 Å². The Balaban J connectivity index is 2.13. The number of para-hydroxylation sites is 1. The molecular formula is C18H14ClN3OS. The molecule has 0 amide bonds. The summed E-state index contributed by atoms with van der Waals surface area (Å²) in [6, 6.07) is 16.8. The Morgan fingerprint density at radius 2 is 1.96 bits per heavy atom. The maximum atomic E-state index is 12.9. The monoisotopic (exact) mass is 355 g/mol. The van der Waals surface area contributed by atoms with E-state index in [9.17, 15) is 4.79 Å². The number of hydrogen-bond acceptors (Lipinski definition) is 4. The fraction of sp³-hybridized carbons (Fsp3) is 0.167. The molecule has 0 fully saturated rings. The van der Waals surface area contributed by atoms with Crippen LogP contribution in [0.1, 0.15) is 12.5 Å². The zero-order valence-electron chi connectivity index (χ0n) is 12.9. The van der Waals surface area contributed by atoms with Crippen LogP contribution in [0, 0.1) is 11.3 Å². The van der Waals surface area contributed by atoms with Crippen LogP contribution < -0.4 is 5.56 Å². The highest BCUT2D eigenvalue weighted by molar-refractivity contribution is 8.00. The predicted octanol–water partition coefficient (Wildman–Crippen LogP) is 4.10. The summed E-state index contributed by atoms with van der Waals surface area (Å²) >= 11 is 7.21. The first-order valence-corrected chi connectivity index (χ1v) is 8.64. The first kappa shape index (κ1) is 16.6. The third-order valence-corrected chi connectivity index (χ3v) is 4.78. The van der Waals surface area contributed by atoms with Crippen LogP contribution in [0.4, 0.5) is 0 Å². The highest BCUT2D eigenvalue weighted by Gasteiger charge is 2.14. The number of thioether (sulfide) groups is 1. The molecule has 0 saturated heterocycles. The smallest absolute Gasteiger partial charge is 0.262 e. The normalized spacial score (nSPS) is 12.0. The summed E-state index contributed by atoms with van der Waals surface area (Å²) in [4.78, 5) is 17.5. The van der Waals surface area contributed by atoms with E-state index < -0.39 is 0 Å². The van der Waals surface area contributed by atoms with Gasteiger partial charge in [-0.2, -0.15) is 5.26 Å². The van der Waals surface area contributed by atoms with Gasteiger partial charge in [-0.1, -0.05) is 47.6 Å². The second-order valence-corrected chi connectivity index (χ2v) is 7.06. The zero-order chi connectivity index (χ0) is 17.1. The third kappa shape index (κ3) is 3.45. The molecule has 0 aliphatic carbocycles. The number of fused-ring (bicyclic) bond motifs is 1. The molecule has 1 heterocycles. The average molecular weight is 356 g/mol. The molecule has 120 valence electrons. The Morgan fingerprint density at radius 1 is 1.25 bits per heavy atom. The Labute approximate surface area is 148 Å². The van der Waals surface area contributed by atoms with Crippen molar-refractivity contribution >= 4 is 34.3 Å². The summed E-state index contributed by atoms with van der Waals surface area (Å²) in [5.74, 6) is 0. The van der Waals surface area contributed by atoms with Crippen molar-refractivity contribution < 1.29 is 0 Å². The molecule has 2 aromatic carbocycles. The SMILES string of the molecule is C[C@H](C#N)Sc1nc2ccccc2c(=O)n1Cc1ccc(Cl)cc1. The number of aromatic nitrogens is 2. The minimum Gasteiger partial charge on any atom is -0.283 e. The first-order chi connectivity index (χ1) is 11.6. The van der Waals surface area contributed by atoms with Crippen LogP contribution in [-0.2, 0) is 6.54 Å². The summed E-state index contributed by atoms with van der Waals surface area (Å²) in [5, 5.41) is 10.6. The van der Waals surface area contributed by atoms with Gasteiger partial charge in [0.05, 0.1) is 28.8 Å². The molecule has 1 aromatic heterocycles. The van der Waals surface area contributed by atoms with Gasteiger partial charge < -0.3 is 0 Å². The van der Waals surface area contributed by atoms with Crippen LogP contribution in [-0.4, -0.2) is 14.8 Å². The molecule has 0 radical (unpaired) electrons. The van der Waals surface area contributed by atoms with Gasteiger partial charge in [0.25, 0.3) is 5.56 Å². The van der Waals surface area contributed by atoms with Crippen molar-refractivity contribution in [1.82, 2.24) is 9.55 Å². The topological polar surface area (TPSA) is 58.7 Å². The molecule has 3 aromatic rings. The Morgan fingerprint density at radius 3 is 2.67 bits per heavy atom. The molecule has 1 atom stereocenters. The van der Waals surface area contributed by atoms with Crippen molar-refractivity contribution in [3.8, 4) is 6.07 Å². The van der Waals surface area contributed by atoms with Gasteiger partial charge in [0.2, 0.25) is 0 Å². The van der Waals surface area contributed by atoms with E-state index in [0.717, 1.165) is 5.56 Å². The van der Waals surface area contributed by atoms with Crippen LogP contribution in [0.15, 0.2) is 58.5 Å². The molecule has 0 aliphatic heterocycles. The first-order valence-electron chi connectivity index (χ1n) is 7.39. The summed E-state index contributed by atoms with van der Waals surface area (Å²) in [6.45, 7) is 2.17. The van der Waals surface area contributed by atoms with E-state index in [1.54, 1.807) is 29.7 Å². The number of rotatable bonds is 4. The third-order valence-electron chi connectivity index (χ3n) is 3.54. The summed E-state index contributed by atoms with van der Waals surface area (Å²) in [6.07, 6.45) is 0. The lowest BCUT2D eigenvalue weighted by atomic mass is 10.2. The van der Waals surface area contributed by atoms with E-state index in [4.69, 9.17) is 16.9 Å². The summed E-state index contributed by atoms with van der Waals surface area (Å²) in [7, 11) is 0. The molecular weight excluding hydrogens is 342 g/mol. The van der Waals surface area contributed by atoms with Crippen LogP contribution >= 0.6 is 23.4 Å². The average Bonchev–Trinajstić information content (AvgIpc) is 2.60. The summed E-state index contributed by atoms with van der Waals surface area (Å²) < 4.78 is 1.62. The van der Waals surface area contributed by atoms with Crippen molar-refractivity contribution in [2.75, 3.05) is 0 Å². The van der Waals surface area contributed by atoms with E-state index in [0.29, 0.717) is 27.6 Å². The van der Waals surface area contributed by atoms with Crippen molar-refractivity contribution in [3.05, 3.63) is 69.5 Å². The summed E-state index contributed by atoms with van der Waals surface area (Å²) in [5.41, 5.74) is 1.48. The van der Waals surface area contributed by atoms with Crippen molar-refractivity contribution in [2.45, 2.75) is 23.9 Å². The van der Waals surface area contributed by atoms with E-state index in [1.807, 2.05) is 30.3 Å². The van der Waals surface area contributed by atoms with Gasteiger partial charge in [-0.05, 0) is 36.8 Å². The van der Waals surface area contributed by atoms with Crippen molar-refractivity contribution in [3.63, 3.8) is 0 Å². The highest BCUT2D eigenvalue weighted by Crippen LogP contribution is 2.23. The van der Waals surface area contributed by atoms with Gasteiger partial charge >= 0.3 is 0 Å². The molecule has 0 unspecified atom stereocenters. The van der Waals surface area contributed by atoms with Crippen molar-refractivity contribution in [2.24, 2.45) is 0 Å². The minimum atomic E-state index is -0.297. The number of hydrogen-bond donors (Lipinski definition) is 0. The lowest BCUT2D eigenvalue weighted by Gasteiger charge is -2.14. The van der Waals surface area contributed by atoms with Gasteiger partial charge in [0, 0.05) is 5.02 Å². The molecule has 0 spiro atoms. The van der Waals surface area contributed by atoms with E-state index in [2.05, 4.69) is 11.1 Å². The van der Waals surface area contributed by atoms with Gasteiger partial charge in [-0.25, -0.2) is 4.98 Å². The van der Waals surface area contributed by atoms with Gasteiger partial charge in [0.15, 0.2) is 5.16 Å². The fourth-order valence-corrected chi connectivity index (χ4v) is 3.25. The largest absolute Gasteiger partial charge is 0.283 e. The lowest BCUT2D eigenvalue weighted by molar-refractivity contribution is 0.657. The molecule has 6 heteroatoms.